The summed E-state index contributed by atoms with van der Waals surface area (Å²) >= 11 is -1.77. The molecule has 0 aromatic heterocycles. The predicted molar refractivity (Wildman–Crippen MR) is 59.9 cm³/mol. The van der Waals surface area contributed by atoms with Gasteiger partial charge in [0.1, 0.15) is 0 Å². The molecule has 0 aliphatic rings. The Kier molecular flexibility index (Phi) is 19.1. The van der Waals surface area contributed by atoms with Gasteiger partial charge in [-0.1, -0.05) is 13.3 Å². The quantitative estimate of drug-likeness (QED) is 0.628. The zero-order valence-electron chi connectivity index (χ0n) is 7.59. The Balaban J connectivity index is 0. The van der Waals surface area contributed by atoms with Gasteiger partial charge in [0.15, 0.2) is 0 Å². The van der Waals surface area contributed by atoms with Crippen LogP contribution >= 0.6 is 29.5 Å². The van der Waals surface area contributed by atoms with Gasteiger partial charge in [-0.3, -0.25) is 0 Å². The molecule has 0 atom stereocenters. The molecule has 4 heteroatoms. The molecule has 0 bridgehead atoms. The second-order valence-electron chi connectivity index (χ2n) is 2.01. The smallest absolute Gasteiger partial charge is 0.172 e. The van der Waals surface area contributed by atoms with Gasteiger partial charge in [0.25, 0.3) is 0 Å². The Labute approximate surface area is 98.4 Å². The summed E-state index contributed by atoms with van der Waals surface area (Å²) in [6.45, 7) is 5.72. The maximum Gasteiger partial charge on any atom is -0.172 e. The van der Waals surface area contributed by atoms with E-state index in [1.54, 1.807) is 0 Å². The maximum absolute atomic E-state index is 4.95. The van der Waals surface area contributed by atoms with Crippen molar-refractivity contribution in [3.8, 4) is 0 Å². The number of hydrogen-bond donors (Lipinski definition) is 0. The van der Waals surface area contributed by atoms with E-state index in [1.165, 1.54) is 6.42 Å². The zero-order valence-corrected chi connectivity index (χ0v) is 11.3. The topological polar surface area (TPSA) is 0 Å². The summed E-state index contributed by atoms with van der Waals surface area (Å²) in [5, 5.41) is 0. The van der Waals surface area contributed by atoms with E-state index in [0.29, 0.717) is 0 Å². The van der Waals surface area contributed by atoms with Crippen LogP contribution in [0.15, 0.2) is 30.3 Å². The molecule has 0 heterocycles. The van der Waals surface area contributed by atoms with Crippen LogP contribution < -0.4 is 0 Å². The van der Waals surface area contributed by atoms with Gasteiger partial charge in [-0.05, 0) is 0 Å². The summed E-state index contributed by atoms with van der Waals surface area (Å²) in [5.41, 5.74) is 0. The standard InChI is InChI=1S/C5H5.C4H9.3ClH.V/c1-2-4-5-3-1;1-3-4-2;;;;/h1-5H;1,3-4H2,2H3;3*1H;/q2*-1;;;;+3/p-3. The summed E-state index contributed by atoms with van der Waals surface area (Å²) in [4.78, 5) is 0. The van der Waals surface area contributed by atoms with Crippen molar-refractivity contribution < 1.29 is 12.3 Å². The van der Waals surface area contributed by atoms with E-state index in [9.17, 15) is 0 Å². The van der Waals surface area contributed by atoms with Crippen molar-refractivity contribution in [2.75, 3.05) is 0 Å². The molecular weight excluding hydrogens is 265 g/mol. The van der Waals surface area contributed by atoms with Gasteiger partial charge in [0.2, 0.25) is 0 Å². The van der Waals surface area contributed by atoms with Gasteiger partial charge >= 0.3 is 41.8 Å². The van der Waals surface area contributed by atoms with E-state index < -0.39 is 12.3 Å². The van der Waals surface area contributed by atoms with Crippen molar-refractivity contribution in [2.24, 2.45) is 0 Å². The van der Waals surface area contributed by atoms with Crippen LogP contribution in [-0.4, -0.2) is 0 Å². The summed E-state index contributed by atoms with van der Waals surface area (Å²) in [5.74, 6) is 0. The number of hydrogen-bond acceptors (Lipinski definition) is 0. The molecule has 13 heavy (non-hydrogen) atoms. The Morgan fingerprint density at radius 3 is 1.62 bits per heavy atom. The first-order valence-electron chi connectivity index (χ1n) is 3.88. The molecule has 1 aromatic carbocycles. The normalized spacial score (nSPS) is 8.15. The van der Waals surface area contributed by atoms with Crippen LogP contribution in [0, 0.1) is 6.92 Å². The van der Waals surface area contributed by atoms with Crippen molar-refractivity contribution in [1.29, 1.82) is 0 Å². The minimum absolute atomic E-state index is 1.07. The monoisotopic (exact) mass is 278 g/mol. The maximum atomic E-state index is 4.95. The summed E-state index contributed by atoms with van der Waals surface area (Å²) in [6.07, 6.45) is 2.28. The van der Waals surface area contributed by atoms with E-state index in [0.717, 1.165) is 6.42 Å². The van der Waals surface area contributed by atoms with Crippen LogP contribution in [0.4, 0.5) is 0 Å². The molecule has 0 aliphatic heterocycles. The molecule has 0 saturated heterocycles. The fraction of sp³-hybridized carbons (Fsp3) is 0.333. The van der Waals surface area contributed by atoms with Gasteiger partial charge in [0.05, 0.1) is 0 Å². The Morgan fingerprint density at radius 1 is 1.23 bits per heavy atom. The molecule has 0 amide bonds. The van der Waals surface area contributed by atoms with Crippen LogP contribution in [0.25, 0.3) is 0 Å². The average Bonchev–Trinajstić information content (AvgIpc) is 2.59. The average molecular weight is 280 g/mol. The Hall–Kier alpha value is 0.804. The third-order valence-electron chi connectivity index (χ3n) is 0.909. The van der Waals surface area contributed by atoms with E-state index in [2.05, 4.69) is 13.8 Å². The molecule has 0 spiro atoms. The number of rotatable bonds is 1. The first-order chi connectivity index (χ1) is 6.15. The SMILES string of the molecule is [CH2-]CCC.[Cl][V]([Cl])[Cl].c1cc[cH-]c1. The fourth-order valence-electron chi connectivity index (χ4n) is 0.321. The zero-order chi connectivity index (χ0) is 10.5. The van der Waals surface area contributed by atoms with Gasteiger partial charge < -0.3 is 6.92 Å². The molecule has 78 valence electrons. The summed E-state index contributed by atoms with van der Waals surface area (Å²) in [7, 11) is 14.9. The molecule has 1 rings (SSSR count). The van der Waals surface area contributed by atoms with Crippen molar-refractivity contribution in [3.05, 3.63) is 37.3 Å². The molecular formula is C9H14Cl3V-2. The number of unbranched alkanes of at least 4 members (excludes halogenated alkanes) is 1. The second kappa shape index (κ2) is 15.3. The van der Waals surface area contributed by atoms with Crippen molar-refractivity contribution in [2.45, 2.75) is 19.8 Å². The molecule has 0 unspecified atom stereocenters. The van der Waals surface area contributed by atoms with Gasteiger partial charge in [0, 0.05) is 0 Å². The molecule has 1 aromatic rings. The van der Waals surface area contributed by atoms with E-state index in [1.807, 2.05) is 30.3 Å². The van der Waals surface area contributed by atoms with Crippen LogP contribution in [0.3, 0.4) is 0 Å². The first kappa shape index (κ1) is 16.2. The Bertz CT molecular complexity index is 119. The van der Waals surface area contributed by atoms with Gasteiger partial charge in [-0.15, -0.1) is 0 Å². The van der Waals surface area contributed by atoms with Gasteiger partial charge in [-0.2, -0.15) is 24.6 Å². The molecule has 0 saturated carbocycles. The van der Waals surface area contributed by atoms with E-state index in [-0.39, 0.29) is 0 Å². The van der Waals surface area contributed by atoms with Crippen LogP contribution in [0.1, 0.15) is 19.8 Å². The summed E-state index contributed by atoms with van der Waals surface area (Å²) < 4.78 is 0. The van der Waals surface area contributed by atoms with Crippen LogP contribution in [0.2, 0.25) is 0 Å². The Morgan fingerprint density at radius 2 is 1.54 bits per heavy atom. The predicted octanol–water partition coefficient (Wildman–Crippen LogP) is 5.09. The fourth-order valence-corrected chi connectivity index (χ4v) is 0.321. The molecule has 0 aliphatic carbocycles. The third kappa shape index (κ3) is 32.3. The molecule has 0 fully saturated rings. The van der Waals surface area contributed by atoms with E-state index >= 15 is 0 Å². The summed E-state index contributed by atoms with van der Waals surface area (Å²) in [6, 6.07) is 10.0. The molecule has 0 radical (unpaired) electrons. The molecule has 0 nitrogen and oxygen atoms in total. The molecule has 0 N–H and O–H groups in total. The second-order valence-corrected chi connectivity index (χ2v) is 8.93. The van der Waals surface area contributed by atoms with Crippen LogP contribution in [-0.2, 0) is 12.3 Å². The first-order valence-corrected chi connectivity index (χ1v) is 9.65. The van der Waals surface area contributed by atoms with Crippen LogP contribution in [0.5, 0.6) is 0 Å². The van der Waals surface area contributed by atoms with Crippen molar-refractivity contribution in [1.82, 2.24) is 0 Å². The van der Waals surface area contributed by atoms with E-state index in [4.69, 9.17) is 29.5 Å². The minimum Gasteiger partial charge on any atom is -0.214 e. The third-order valence-corrected chi connectivity index (χ3v) is 0.909. The minimum atomic E-state index is -1.77. The number of halogens is 3. The largest absolute Gasteiger partial charge is 0.214 e. The van der Waals surface area contributed by atoms with Crippen molar-refractivity contribution in [3.63, 3.8) is 0 Å². The van der Waals surface area contributed by atoms with Gasteiger partial charge in [-0.25, -0.2) is 12.1 Å². The van der Waals surface area contributed by atoms with Crippen molar-refractivity contribution >= 4 is 29.5 Å².